The predicted octanol–water partition coefficient (Wildman–Crippen LogP) is 5.48. The molecule has 218 valence electrons. The largest absolute Gasteiger partial charge is 0.481 e. The maximum atomic E-state index is 11.1. The van der Waals surface area contributed by atoms with Gasteiger partial charge < -0.3 is 21.1 Å². The van der Waals surface area contributed by atoms with E-state index in [0.717, 1.165) is 32.2 Å². The second kappa shape index (κ2) is 25.0. The van der Waals surface area contributed by atoms with E-state index in [1.54, 1.807) is 18.5 Å². The average molecular weight is 552 g/mol. The highest BCUT2D eigenvalue weighted by molar-refractivity contribution is 5.79. The van der Waals surface area contributed by atoms with Crippen LogP contribution in [0.25, 0.3) is 11.1 Å². The Hall–Kier alpha value is -4.27. The first-order valence-corrected chi connectivity index (χ1v) is 13.7. The lowest BCUT2D eigenvalue weighted by Crippen LogP contribution is -2.33. The molecule has 0 aliphatic rings. The quantitative estimate of drug-likeness (QED) is 0.163. The lowest BCUT2D eigenvalue weighted by molar-refractivity contribution is -0.137. The van der Waals surface area contributed by atoms with Crippen molar-refractivity contribution in [3.8, 4) is 11.1 Å². The highest BCUT2D eigenvalue weighted by atomic mass is 16.4. The molecule has 0 unspecified atom stereocenters. The standard InChI is InChI=1S/C13H12.C11H17N5O2.C5H10O2.C2H6/c1-11-7-9-13(10-8-11)12-5-3-2-4-6-12;17-9-12-8-10(18)13-4-1-2-5-14-11-15-6-3-7-16-11;1-2-3-4-5(6)7;1-2/h2-10H,1H3;3,6-7,9H,1-2,4-5,8H2,(H,12,17)(H,13,18)(H,14,15,16);2-4H2,1H3,(H,6,7);1-2H3. The Morgan fingerprint density at radius 1 is 0.850 bits per heavy atom. The van der Waals surface area contributed by atoms with Crippen molar-refractivity contribution >= 4 is 24.2 Å². The summed E-state index contributed by atoms with van der Waals surface area (Å²) in [6.07, 6.45) is 7.69. The van der Waals surface area contributed by atoms with Gasteiger partial charge in [0.25, 0.3) is 0 Å². The number of rotatable bonds is 13. The summed E-state index contributed by atoms with van der Waals surface area (Å²) in [5, 5.41) is 16.1. The van der Waals surface area contributed by atoms with Crippen LogP contribution in [0.5, 0.6) is 0 Å². The first-order valence-electron chi connectivity index (χ1n) is 13.7. The molecule has 0 fully saturated rings. The van der Waals surface area contributed by atoms with Crippen molar-refractivity contribution in [2.24, 2.45) is 0 Å². The molecule has 2 aromatic carbocycles. The van der Waals surface area contributed by atoms with E-state index in [1.165, 1.54) is 16.7 Å². The molecular formula is C31H45N5O4. The molecule has 0 aliphatic carbocycles. The number of carbonyl (C=O) groups excluding carboxylic acids is 2. The van der Waals surface area contributed by atoms with Crippen LogP contribution in [-0.2, 0) is 14.4 Å². The zero-order valence-corrected chi connectivity index (χ0v) is 24.2. The fraction of sp³-hybridized carbons (Fsp3) is 0.387. The van der Waals surface area contributed by atoms with Gasteiger partial charge in [0.2, 0.25) is 18.3 Å². The highest BCUT2D eigenvalue weighted by Gasteiger charge is 1.98. The minimum absolute atomic E-state index is 0.0274. The van der Waals surface area contributed by atoms with E-state index in [-0.39, 0.29) is 12.5 Å². The monoisotopic (exact) mass is 551 g/mol. The molecule has 0 aliphatic heterocycles. The Kier molecular flexibility index (Phi) is 22.4. The first-order chi connectivity index (χ1) is 19.5. The van der Waals surface area contributed by atoms with Crippen molar-refractivity contribution in [2.45, 2.75) is 59.8 Å². The van der Waals surface area contributed by atoms with Gasteiger partial charge in [0.15, 0.2) is 0 Å². The molecule has 3 aromatic rings. The van der Waals surface area contributed by atoms with E-state index >= 15 is 0 Å². The molecule has 0 saturated heterocycles. The van der Waals surface area contributed by atoms with Gasteiger partial charge in [-0.3, -0.25) is 14.4 Å². The number of hydrogen-bond acceptors (Lipinski definition) is 6. The third kappa shape index (κ3) is 19.8. The molecule has 1 aromatic heterocycles. The molecule has 3 rings (SSSR count). The molecule has 9 heteroatoms. The molecule has 0 radical (unpaired) electrons. The van der Waals surface area contributed by atoms with Gasteiger partial charge in [0.1, 0.15) is 0 Å². The number of nitrogens with zero attached hydrogens (tertiary/aromatic N) is 2. The molecule has 4 N–H and O–H groups in total. The van der Waals surface area contributed by atoms with Crippen LogP contribution in [0, 0.1) is 6.92 Å². The van der Waals surface area contributed by atoms with E-state index < -0.39 is 5.97 Å². The second-order valence-electron chi connectivity index (χ2n) is 8.28. The number of unbranched alkanes of at least 4 members (excludes halogenated alkanes) is 2. The Morgan fingerprint density at radius 3 is 2.00 bits per heavy atom. The van der Waals surface area contributed by atoms with Crippen LogP contribution >= 0.6 is 0 Å². The number of aromatic nitrogens is 2. The minimum Gasteiger partial charge on any atom is -0.481 e. The summed E-state index contributed by atoms with van der Waals surface area (Å²) in [6, 6.07) is 20.8. The molecule has 2 amide bonds. The number of carboxylic acid groups (broad SMARTS) is 1. The zero-order chi connectivity index (χ0) is 29.8. The van der Waals surface area contributed by atoms with Crippen molar-refractivity contribution in [1.29, 1.82) is 0 Å². The molecule has 0 spiro atoms. The summed E-state index contributed by atoms with van der Waals surface area (Å²) in [4.78, 5) is 38.8. The van der Waals surface area contributed by atoms with Crippen molar-refractivity contribution in [3.63, 3.8) is 0 Å². The van der Waals surface area contributed by atoms with Crippen molar-refractivity contribution in [1.82, 2.24) is 20.6 Å². The lowest BCUT2D eigenvalue weighted by atomic mass is 10.0. The van der Waals surface area contributed by atoms with Gasteiger partial charge in [-0.1, -0.05) is 87.4 Å². The summed E-state index contributed by atoms with van der Waals surface area (Å²) < 4.78 is 0. The molecule has 40 heavy (non-hydrogen) atoms. The van der Waals surface area contributed by atoms with E-state index in [1.807, 2.05) is 26.8 Å². The molecular weight excluding hydrogens is 506 g/mol. The predicted molar refractivity (Wildman–Crippen MR) is 162 cm³/mol. The van der Waals surface area contributed by atoms with Crippen LogP contribution in [0.1, 0.15) is 58.4 Å². The fourth-order valence-corrected chi connectivity index (χ4v) is 2.97. The smallest absolute Gasteiger partial charge is 0.303 e. The van der Waals surface area contributed by atoms with E-state index in [4.69, 9.17) is 5.11 Å². The maximum Gasteiger partial charge on any atom is 0.303 e. The van der Waals surface area contributed by atoms with Gasteiger partial charge in [-0.05, 0) is 43.4 Å². The molecule has 9 nitrogen and oxygen atoms in total. The number of carbonyl (C=O) groups is 3. The van der Waals surface area contributed by atoms with Gasteiger partial charge in [0.05, 0.1) is 6.54 Å². The van der Waals surface area contributed by atoms with Gasteiger partial charge in [0, 0.05) is 31.9 Å². The summed E-state index contributed by atoms with van der Waals surface area (Å²) in [7, 11) is 0. The Labute approximate surface area is 238 Å². The van der Waals surface area contributed by atoms with Crippen LogP contribution < -0.4 is 16.0 Å². The van der Waals surface area contributed by atoms with Gasteiger partial charge >= 0.3 is 5.97 Å². The van der Waals surface area contributed by atoms with Gasteiger partial charge in [-0.15, -0.1) is 0 Å². The molecule has 0 saturated carbocycles. The normalized spacial score (nSPS) is 9.20. The topological polar surface area (TPSA) is 133 Å². The van der Waals surface area contributed by atoms with E-state index in [2.05, 4.69) is 81.4 Å². The fourth-order valence-electron chi connectivity index (χ4n) is 2.97. The van der Waals surface area contributed by atoms with Crippen LogP contribution in [-0.4, -0.2) is 53.0 Å². The highest BCUT2D eigenvalue weighted by Crippen LogP contribution is 2.18. The van der Waals surface area contributed by atoms with Crippen LogP contribution in [0.2, 0.25) is 0 Å². The number of carboxylic acids is 1. The van der Waals surface area contributed by atoms with Crippen molar-refractivity contribution in [2.75, 3.05) is 25.0 Å². The molecule has 1 heterocycles. The number of hydrogen-bond donors (Lipinski definition) is 4. The van der Waals surface area contributed by atoms with Crippen LogP contribution in [0.15, 0.2) is 73.1 Å². The van der Waals surface area contributed by atoms with Gasteiger partial charge in [-0.2, -0.15) is 0 Å². The van der Waals surface area contributed by atoms with E-state index in [9.17, 15) is 14.4 Å². The molecule has 0 atom stereocenters. The summed E-state index contributed by atoms with van der Waals surface area (Å²) in [5.41, 5.74) is 3.87. The first kappa shape index (κ1) is 35.7. The number of aryl methyl sites for hydroxylation is 1. The summed E-state index contributed by atoms with van der Waals surface area (Å²) in [6.45, 7) is 9.46. The van der Waals surface area contributed by atoms with E-state index in [0.29, 0.717) is 25.3 Å². The summed E-state index contributed by atoms with van der Waals surface area (Å²) in [5.74, 6) is -0.264. The number of amides is 2. The Bertz CT molecular complexity index is 1030. The SMILES string of the molecule is CC.CCCCC(=O)O.Cc1ccc(-c2ccccc2)cc1.O=CNCC(=O)NCCCCNc1ncccn1. The number of benzene rings is 2. The van der Waals surface area contributed by atoms with Crippen LogP contribution in [0.4, 0.5) is 5.95 Å². The van der Waals surface area contributed by atoms with Gasteiger partial charge in [-0.25, -0.2) is 9.97 Å². The third-order valence-electron chi connectivity index (χ3n) is 5.02. The number of aliphatic carboxylic acids is 1. The number of anilines is 1. The molecule has 0 bridgehead atoms. The zero-order valence-electron chi connectivity index (χ0n) is 24.2. The Balaban J connectivity index is 0.000000602. The Morgan fingerprint density at radius 2 is 1.45 bits per heavy atom. The second-order valence-corrected chi connectivity index (χ2v) is 8.28. The minimum atomic E-state index is -0.693. The van der Waals surface area contributed by atoms with Crippen LogP contribution in [0.3, 0.4) is 0 Å². The lowest BCUT2D eigenvalue weighted by Gasteiger charge is -2.05. The third-order valence-corrected chi connectivity index (χ3v) is 5.02. The average Bonchev–Trinajstić information content (AvgIpc) is 3.00. The number of nitrogens with one attached hydrogen (secondary N) is 3. The summed E-state index contributed by atoms with van der Waals surface area (Å²) >= 11 is 0. The van der Waals surface area contributed by atoms with Crippen molar-refractivity contribution in [3.05, 3.63) is 78.6 Å². The van der Waals surface area contributed by atoms with Crippen molar-refractivity contribution < 1.29 is 19.5 Å². The maximum absolute atomic E-state index is 11.1.